The van der Waals surface area contributed by atoms with E-state index in [4.69, 9.17) is 0 Å². The van der Waals surface area contributed by atoms with Gasteiger partial charge in [-0.05, 0) is 30.2 Å². The topological polar surface area (TPSA) is 73.1 Å². The van der Waals surface area contributed by atoms with Crippen molar-refractivity contribution in [2.24, 2.45) is 0 Å². The lowest BCUT2D eigenvalue weighted by Gasteiger charge is -2.11. The van der Waals surface area contributed by atoms with Crippen LogP contribution in [0, 0.1) is 12.7 Å². The van der Waals surface area contributed by atoms with Crippen molar-refractivity contribution in [3.63, 3.8) is 0 Å². The lowest BCUT2D eigenvalue weighted by atomic mass is 10.2. The van der Waals surface area contributed by atoms with Crippen LogP contribution in [0.2, 0.25) is 0 Å². The number of aryl methyl sites for hydroxylation is 1. The van der Waals surface area contributed by atoms with Crippen molar-refractivity contribution in [2.45, 2.75) is 20.0 Å². The van der Waals surface area contributed by atoms with Gasteiger partial charge in [0.1, 0.15) is 12.4 Å². The van der Waals surface area contributed by atoms with Crippen LogP contribution >= 0.6 is 0 Å². The molecular weight excluding hydrogens is 349 g/mol. The van der Waals surface area contributed by atoms with E-state index >= 15 is 0 Å². The highest BCUT2D eigenvalue weighted by molar-refractivity contribution is 5.90. The third kappa shape index (κ3) is 4.38. The van der Waals surface area contributed by atoms with Crippen molar-refractivity contribution >= 4 is 11.6 Å². The van der Waals surface area contributed by atoms with Crippen LogP contribution in [0.5, 0.6) is 0 Å². The summed E-state index contributed by atoms with van der Waals surface area (Å²) < 4.78 is 15.8. The molecule has 0 aliphatic rings. The van der Waals surface area contributed by atoms with Gasteiger partial charge in [-0.15, -0.1) is 0 Å². The molecule has 0 fully saturated rings. The van der Waals surface area contributed by atoms with E-state index in [2.05, 4.69) is 5.32 Å². The van der Waals surface area contributed by atoms with Gasteiger partial charge in [0.25, 0.3) is 5.56 Å². The quantitative estimate of drug-likeness (QED) is 0.751. The first-order valence-electron chi connectivity index (χ1n) is 8.34. The van der Waals surface area contributed by atoms with Gasteiger partial charge in [-0.25, -0.2) is 9.18 Å². The number of halogens is 1. The molecule has 0 aliphatic carbocycles. The summed E-state index contributed by atoms with van der Waals surface area (Å²) in [4.78, 5) is 36.8. The van der Waals surface area contributed by atoms with E-state index in [0.717, 1.165) is 10.1 Å². The second-order valence-electron chi connectivity index (χ2n) is 6.15. The Morgan fingerprint density at radius 3 is 2.52 bits per heavy atom. The first kappa shape index (κ1) is 18.3. The molecule has 1 amide bonds. The van der Waals surface area contributed by atoms with E-state index in [1.165, 1.54) is 29.0 Å². The molecule has 0 atom stereocenters. The molecule has 6 nitrogen and oxygen atoms in total. The predicted octanol–water partition coefficient (Wildman–Crippen LogP) is 2.14. The summed E-state index contributed by atoms with van der Waals surface area (Å²) in [6, 6.07) is 14.8. The zero-order valence-electron chi connectivity index (χ0n) is 14.7. The number of amides is 1. The Hall–Kier alpha value is -3.48. The third-order valence-electron chi connectivity index (χ3n) is 4.09. The van der Waals surface area contributed by atoms with E-state index in [9.17, 15) is 18.8 Å². The molecule has 3 aromatic rings. The van der Waals surface area contributed by atoms with Gasteiger partial charge in [0.15, 0.2) is 0 Å². The molecule has 0 aliphatic heterocycles. The zero-order chi connectivity index (χ0) is 19.4. The fraction of sp³-hybridized carbons (Fsp3) is 0.150. The van der Waals surface area contributed by atoms with Gasteiger partial charge in [0.05, 0.1) is 6.54 Å². The molecular formula is C20H18FN3O3. The fourth-order valence-electron chi connectivity index (χ4n) is 2.62. The van der Waals surface area contributed by atoms with Crippen LogP contribution < -0.4 is 16.6 Å². The summed E-state index contributed by atoms with van der Waals surface area (Å²) in [5, 5.41) is 2.50. The number of carbonyl (C=O) groups excluding carboxylic acids is 1. The summed E-state index contributed by atoms with van der Waals surface area (Å²) in [5.74, 6) is -1.04. The summed E-state index contributed by atoms with van der Waals surface area (Å²) in [7, 11) is 0. The highest BCUT2D eigenvalue weighted by Crippen LogP contribution is 2.13. The molecule has 0 spiro atoms. The third-order valence-corrected chi connectivity index (χ3v) is 4.09. The van der Waals surface area contributed by atoms with E-state index in [0.29, 0.717) is 5.56 Å². The summed E-state index contributed by atoms with van der Waals surface area (Å²) in [5.41, 5.74) is 0.447. The highest BCUT2D eigenvalue weighted by atomic mass is 19.1. The van der Waals surface area contributed by atoms with Crippen LogP contribution in [0.3, 0.4) is 0 Å². The predicted molar refractivity (Wildman–Crippen MR) is 100 cm³/mol. The average molecular weight is 367 g/mol. The van der Waals surface area contributed by atoms with Crippen molar-refractivity contribution < 1.29 is 9.18 Å². The Kier molecular flexibility index (Phi) is 5.30. The van der Waals surface area contributed by atoms with Crippen LogP contribution in [0.1, 0.15) is 11.1 Å². The number of rotatable bonds is 5. The minimum Gasteiger partial charge on any atom is -0.324 e. The van der Waals surface area contributed by atoms with Crippen LogP contribution in [0.15, 0.2) is 70.4 Å². The Morgan fingerprint density at radius 2 is 1.81 bits per heavy atom. The molecule has 27 heavy (non-hydrogen) atoms. The van der Waals surface area contributed by atoms with Gasteiger partial charge in [-0.3, -0.25) is 18.7 Å². The normalized spacial score (nSPS) is 10.6. The summed E-state index contributed by atoms with van der Waals surface area (Å²) in [6.07, 6.45) is 1.40. The molecule has 0 saturated heterocycles. The number of anilines is 1. The highest BCUT2D eigenvalue weighted by Gasteiger charge is 2.11. The van der Waals surface area contributed by atoms with E-state index < -0.39 is 29.5 Å². The van der Waals surface area contributed by atoms with E-state index in [1.54, 1.807) is 13.0 Å². The molecule has 1 aromatic heterocycles. The molecule has 0 radical (unpaired) electrons. The molecule has 7 heteroatoms. The van der Waals surface area contributed by atoms with Crippen LogP contribution in [-0.4, -0.2) is 15.0 Å². The van der Waals surface area contributed by atoms with Gasteiger partial charge in [0.2, 0.25) is 5.91 Å². The molecule has 2 aromatic carbocycles. The Balaban J connectivity index is 1.80. The fourth-order valence-corrected chi connectivity index (χ4v) is 2.62. The van der Waals surface area contributed by atoms with Gasteiger partial charge in [0, 0.05) is 18.0 Å². The maximum Gasteiger partial charge on any atom is 0.331 e. The first-order valence-corrected chi connectivity index (χ1v) is 8.34. The van der Waals surface area contributed by atoms with Crippen LogP contribution in [0.4, 0.5) is 10.1 Å². The van der Waals surface area contributed by atoms with Crippen molar-refractivity contribution in [1.29, 1.82) is 0 Å². The number of carbonyl (C=O) groups is 1. The van der Waals surface area contributed by atoms with Crippen molar-refractivity contribution in [1.82, 2.24) is 9.13 Å². The van der Waals surface area contributed by atoms with Crippen molar-refractivity contribution in [3.8, 4) is 0 Å². The maximum atomic E-state index is 13.6. The van der Waals surface area contributed by atoms with Gasteiger partial charge in [-0.2, -0.15) is 0 Å². The Labute approximate surface area is 154 Å². The van der Waals surface area contributed by atoms with Gasteiger partial charge in [-0.1, -0.05) is 36.4 Å². The number of nitrogens with one attached hydrogen (secondary N) is 1. The number of hydrogen-bond acceptors (Lipinski definition) is 3. The van der Waals surface area contributed by atoms with Gasteiger partial charge >= 0.3 is 5.69 Å². The van der Waals surface area contributed by atoms with Crippen molar-refractivity contribution in [3.05, 3.63) is 98.6 Å². The molecule has 0 bridgehead atoms. The molecule has 0 saturated carbocycles. The van der Waals surface area contributed by atoms with Gasteiger partial charge < -0.3 is 5.32 Å². The smallest absolute Gasteiger partial charge is 0.324 e. The molecule has 1 heterocycles. The first-order chi connectivity index (χ1) is 12.9. The van der Waals surface area contributed by atoms with E-state index in [-0.39, 0.29) is 12.2 Å². The Bertz CT molecular complexity index is 1090. The van der Waals surface area contributed by atoms with E-state index in [1.807, 2.05) is 30.3 Å². The van der Waals surface area contributed by atoms with Crippen molar-refractivity contribution in [2.75, 3.05) is 5.32 Å². The minimum atomic E-state index is -0.588. The second kappa shape index (κ2) is 7.82. The average Bonchev–Trinajstić information content (AvgIpc) is 2.65. The molecule has 1 N–H and O–H groups in total. The zero-order valence-corrected chi connectivity index (χ0v) is 14.7. The SMILES string of the molecule is Cc1ccc(NC(=O)Cn2c(=O)ccn(Cc3ccccc3)c2=O)cc1F. The number of nitrogens with zero attached hydrogens (tertiary/aromatic N) is 2. The van der Waals surface area contributed by atoms with Crippen LogP contribution in [0.25, 0.3) is 0 Å². The molecule has 138 valence electrons. The molecule has 3 rings (SSSR count). The number of hydrogen-bond donors (Lipinski definition) is 1. The maximum absolute atomic E-state index is 13.6. The minimum absolute atomic E-state index is 0.261. The standard InChI is InChI=1S/C20H18FN3O3/c1-14-7-8-16(11-17(14)21)22-18(25)13-24-19(26)9-10-23(20(24)27)12-15-5-3-2-4-6-15/h2-11H,12-13H2,1H3,(H,22,25). The lowest BCUT2D eigenvalue weighted by molar-refractivity contribution is -0.116. The largest absolute Gasteiger partial charge is 0.331 e. The number of benzene rings is 2. The summed E-state index contributed by atoms with van der Waals surface area (Å²) in [6.45, 7) is 1.44. The second-order valence-corrected chi connectivity index (χ2v) is 6.15. The van der Waals surface area contributed by atoms with Crippen LogP contribution in [-0.2, 0) is 17.9 Å². The molecule has 0 unspecified atom stereocenters. The lowest BCUT2D eigenvalue weighted by Crippen LogP contribution is -2.41. The Morgan fingerprint density at radius 1 is 1.07 bits per heavy atom. The monoisotopic (exact) mass is 367 g/mol. The summed E-state index contributed by atoms with van der Waals surface area (Å²) >= 11 is 0. The number of aromatic nitrogens is 2.